The second kappa shape index (κ2) is 5.78. The fraction of sp³-hybridized carbons (Fsp3) is 0.571. The Balaban J connectivity index is 2.05. The van der Waals surface area contributed by atoms with Crippen molar-refractivity contribution in [2.24, 2.45) is 5.41 Å². The highest BCUT2D eigenvalue weighted by molar-refractivity contribution is 6.33. The number of carbonyl (C=O) groups is 1. The Labute approximate surface area is 118 Å². The van der Waals surface area contributed by atoms with Crippen LogP contribution in [0, 0.1) is 5.41 Å². The molecule has 0 aromatic carbocycles. The van der Waals surface area contributed by atoms with E-state index in [4.69, 9.17) is 16.7 Å². The smallest absolute Gasteiger partial charge is 0.337 e. The van der Waals surface area contributed by atoms with E-state index in [0.717, 1.165) is 13.0 Å². The molecular formula is C14H19ClN2O2. The minimum Gasteiger partial charge on any atom is -0.478 e. The fourth-order valence-electron chi connectivity index (χ4n) is 2.74. The van der Waals surface area contributed by atoms with Gasteiger partial charge >= 0.3 is 5.97 Å². The van der Waals surface area contributed by atoms with Crippen LogP contribution in [0.2, 0.25) is 5.02 Å². The lowest BCUT2D eigenvalue weighted by molar-refractivity contribution is 0.0696. The van der Waals surface area contributed by atoms with Crippen molar-refractivity contribution in [3.8, 4) is 0 Å². The molecule has 0 amide bonds. The number of nitrogens with one attached hydrogen (secondary N) is 1. The van der Waals surface area contributed by atoms with Crippen molar-refractivity contribution in [2.75, 3.05) is 11.9 Å². The number of aromatic nitrogens is 1. The molecule has 1 saturated carbocycles. The molecule has 2 rings (SSSR count). The summed E-state index contributed by atoms with van der Waals surface area (Å²) in [4.78, 5) is 14.9. The summed E-state index contributed by atoms with van der Waals surface area (Å²) >= 11 is 6.06. The summed E-state index contributed by atoms with van der Waals surface area (Å²) in [6.45, 7) is 3.07. The maximum atomic E-state index is 10.8. The summed E-state index contributed by atoms with van der Waals surface area (Å²) in [5, 5.41) is 12.5. The van der Waals surface area contributed by atoms with Crippen LogP contribution in [-0.2, 0) is 0 Å². The molecule has 4 nitrogen and oxygen atoms in total. The third-order valence-corrected chi connectivity index (χ3v) is 4.42. The van der Waals surface area contributed by atoms with E-state index in [0.29, 0.717) is 16.3 Å². The van der Waals surface area contributed by atoms with Gasteiger partial charge in [0.05, 0.1) is 10.6 Å². The minimum atomic E-state index is -1.01. The zero-order valence-corrected chi connectivity index (χ0v) is 11.8. The van der Waals surface area contributed by atoms with Gasteiger partial charge in [0.25, 0.3) is 0 Å². The Morgan fingerprint density at radius 2 is 2.21 bits per heavy atom. The molecule has 1 aromatic heterocycles. The van der Waals surface area contributed by atoms with Crippen LogP contribution < -0.4 is 5.32 Å². The molecule has 1 fully saturated rings. The van der Waals surface area contributed by atoms with Gasteiger partial charge in [-0.25, -0.2) is 9.78 Å². The molecule has 0 bridgehead atoms. The monoisotopic (exact) mass is 282 g/mol. The highest BCUT2D eigenvalue weighted by Gasteiger charge is 2.31. The third-order valence-electron chi connectivity index (χ3n) is 4.13. The number of carboxylic acids is 1. The van der Waals surface area contributed by atoms with Gasteiger partial charge in [-0.3, -0.25) is 0 Å². The molecule has 1 aliphatic rings. The second-order valence-electron chi connectivity index (χ2n) is 5.27. The summed E-state index contributed by atoms with van der Waals surface area (Å²) in [7, 11) is 0. The van der Waals surface area contributed by atoms with E-state index >= 15 is 0 Å². The molecule has 2 N–H and O–H groups in total. The molecule has 0 radical (unpaired) electrons. The first-order valence-corrected chi connectivity index (χ1v) is 7.07. The average Bonchev–Trinajstić information content (AvgIpc) is 2.86. The first kappa shape index (κ1) is 14.1. The predicted molar refractivity (Wildman–Crippen MR) is 75.9 cm³/mol. The van der Waals surface area contributed by atoms with Crippen molar-refractivity contribution in [3.63, 3.8) is 0 Å². The molecule has 1 heterocycles. The van der Waals surface area contributed by atoms with Gasteiger partial charge in [0.1, 0.15) is 5.82 Å². The number of hydrogen-bond acceptors (Lipinski definition) is 3. The summed E-state index contributed by atoms with van der Waals surface area (Å²) in [5.74, 6) is -0.437. The number of aromatic carboxylic acids is 1. The number of nitrogens with zero attached hydrogens (tertiary/aromatic N) is 1. The van der Waals surface area contributed by atoms with E-state index in [2.05, 4.69) is 17.2 Å². The zero-order valence-electron chi connectivity index (χ0n) is 11.1. The summed E-state index contributed by atoms with van der Waals surface area (Å²) < 4.78 is 0. The lowest BCUT2D eigenvalue weighted by Gasteiger charge is -2.28. The van der Waals surface area contributed by atoms with Crippen LogP contribution in [0.3, 0.4) is 0 Å². The Kier molecular flexibility index (Phi) is 4.30. The van der Waals surface area contributed by atoms with Gasteiger partial charge in [-0.05, 0) is 30.7 Å². The van der Waals surface area contributed by atoms with Gasteiger partial charge in [0.15, 0.2) is 0 Å². The van der Waals surface area contributed by atoms with E-state index in [1.807, 2.05) is 0 Å². The van der Waals surface area contributed by atoms with Crippen molar-refractivity contribution >= 4 is 23.4 Å². The van der Waals surface area contributed by atoms with Gasteiger partial charge in [-0.1, -0.05) is 31.4 Å². The number of anilines is 1. The molecule has 104 valence electrons. The number of halogens is 1. The van der Waals surface area contributed by atoms with Gasteiger partial charge < -0.3 is 10.4 Å². The summed E-state index contributed by atoms with van der Waals surface area (Å²) in [6, 6.07) is 1.44. The van der Waals surface area contributed by atoms with Crippen LogP contribution in [0.15, 0.2) is 12.3 Å². The molecule has 0 atom stereocenters. The highest BCUT2D eigenvalue weighted by atomic mass is 35.5. The lowest BCUT2D eigenvalue weighted by atomic mass is 9.83. The van der Waals surface area contributed by atoms with Crippen LogP contribution in [0.25, 0.3) is 0 Å². The third kappa shape index (κ3) is 3.18. The molecule has 0 spiro atoms. The van der Waals surface area contributed by atoms with Crippen LogP contribution in [0.1, 0.15) is 49.4 Å². The normalized spacial score (nSPS) is 17.4. The van der Waals surface area contributed by atoms with Crippen molar-refractivity contribution < 1.29 is 9.90 Å². The summed E-state index contributed by atoms with van der Waals surface area (Å²) in [6.07, 6.45) is 7.53. The molecule has 0 unspecified atom stereocenters. The molecular weight excluding hydrogens is 264 g/mol. The minimum absolute atomic E-state index is 0.113. The largest absolute Gasteiger partial charge is 0.478 e. The molecule has 0 saturated heterocycles. The number of pyridine rings is 1. The molecule has 0 aliphatic heterocycles. The molecule has 1 aliphatic carbocycles. The topological polar surface area (TPSA) is 62.2 Å². The SMILES string of the molecule is CCC1(CNc2ncc(C(=O)O)cc2Cl)CCCC1. The van der Waals surface area contributed by atoms with Crippen molar-refractivity contribution in [1.82, 2.24) is 4.98 Å². The number of hydrogen-bond donors (Lipinski definition) is 2. The first-order chi connectivity index (χ1) is 9.06. The Morgan fingerprint density at radius 3 is 2.74 bits per heavy atom. The Bertz CT molecular complexity index is 471. The van der Waals surface area contributed by atoms with E-state index in [1.54, 1.807) is 0 Å². The van der Waals surface area contributed by atoms with Crippen LogP contribution >= 0.6 is 11.6 Å². The van der Waals surface area contributed by atoms with Crippen LogP contribution in [-0.4, -0.2) is 22.6 Å². The standard InChI is InChI=1S/C14H19ClN2O2/c1-2-14(5-3-4-6-14)9-17-12-11(15)7-10(8-16-12)13(18)19/h7-8H,2-6,9H2,1H3,(H,16,17)(H,18,19). The van der Waals surface area contributed by atoms with Gasteiger partial charge in [0.2, 0.25) is 0 Å². The molecule has 5 heteroatoms. The number of carboxylic acid groups (broad SMARTS) is 1. The van der Waals surface area contributed by atoms with Gasteiger partial charge in [-0.2, -0.15) is 0 Å². The Morgan fingerprint density at radius 1 is 1.53 bits per heavy atom. The second-order valence-corrected chi connectivity index (χ2v) is 5.68. The maximum absolute atomic E-state index is 10.8. The zero-order chi connectivity index (χ0) is 13.9. The molecule has 1 aromatic rings. The van der Waals surface area contributed by atoms with E-state index in [9.17, 15) is 4.79 Å². The maximum Gasteiger partial charge on any atom is 0.337 e. The van der Waals surface area contributed by atoms with E-state index < -0.39 is 5.97 Å². The van der Waals surface area contributed by atoms with Crippen molar-refractivity contribution in [3.05, 3.63) is 22.8 Å². The van der Waals surface area contributed by atoms with Crippen LogP contribution in [0.5, 0.6) is 0 Å². The average molecular weight is 283 g/mol. The first-order valence-electron chi connectivity index (χ1n) is 6.69. The van der Waals surface area contributed by atoms with E-state index in [-0.39, 0.29) is 5.56 Å². The van der Waals surface area contributed by atoms with Crippen molar-refractivity contribution in [2.45, 2.75) is 39.0 Å². The van der Waals surface area contributed by atoms with E-state index in [1.165, 1.54) is 37.9 Å². The fourth-order valence-corrected chi connectivity index (χ4v) is 2.97. The summed E-state index contributed by atoms with van der Waals surface area (Å²) in [5.41, 5.74) is 0.456. The lowest BCUT2D eigenvalue weighted by Crippen LogP contribution is -2.26. The van der Waals surface area contributed by atoms with Crippen molar-refractivity contribution in [1.29, 1.82) is 0 Å². The molecule has 19 heavy (non-hydrogen) atoms. The highest BCUT2D eigenvalue weighted by Crippen LogP contribution is 2.41. The van der Waals surface area contributed by atoms with Crippen LogP contribution in [0.4, 0.5) is 5.82 Å². The Hall–Kier alpha value is -1.29. The quantitative estimate of drug-likeness (QED) is 0.862. The van der Waals surface area contributed by atoms with Gasteiger partial charge in [-0.15, -0.1) is 0 Å². The predicted octanol–water partition coefficient (Wildman–Crippen LogP) is 3.82. The number of rotatable bonds is 5. The van der Waals surface area contributed by atoms with Gasteiger partial charge in [0, 0.05) is 12.7 Å².